The van der Waals surface area contributed by atoms with E-state index in [0.29, 0.717) is 24.5 Å². The Bertz CT molecular complexity index is 499. The molecule has 2 rings (SSSR count). The minimum Gasteiger partial charge on any atom is -0.478 e. The molecule has 0 saturated heterocycles. The molecule has 1 saturated carbocycles. The molecule has 1 aromatic rings. The van der Waals surface area contributed by atoms with Crippen molar-refractivity contribution in [1.82, 2.24) is 0 Å². The SMILES string of the molecule is CC1CCC(O)(C(C)C)C(C(Oc2ccccc2)C(=O)O)C1. The molecule has 1 fully saturated rings. The highest BCUT2D eigenvalue weighted by atomic mass is 16.5. The summed E-state index contributed by atoms with van der Waals surface area (Å²) in [5.41, 5.74) is -0.996. The van der Waals surface area contributed by atoms with E-state index in [1.54, 1.807) is 12.1 Å². The van der Waals surface area contributed by atoms with Crippen LogP contribution in [-0.2, 0) is 4.79 Å². The van der Waals surface area contributed by atoms with Crippen LogP contribution in [-0.4, -0.2) is 27.9 Å². The summed E-state index contributed by atoms with van der Waals surface area (Å²) in [6, 6.07) is 8.97. The van der Waals surface area contributed by atoms with Crippen LogP contribution in [0, 0.1) is 17.8 Å². The number of benzene rings is 1. The fourth-order valence-corrected chi connectivity index (χ4v) is 3.47. The molecule has 0 aromatic heterocycles. The largest absolute Gasteiger partial charge is 0.478 e. The van der Waals surface area contributed by atoms with Gasteiger partial charge in [0.25, 0.3) is 0 Å². The van der Waals surface area contributed by atoms with Crippen molar-refractivity contribution in [3.05, 3.63) is 30.3 Å². The Morgan fingerprint density at radius 3 is 2.50 bits per heavy atom. The van der Waals surface area contributed by atoms with E-state index in [9.17, 15) is 15.0 Å². The summed E-state index contributed by atoms with van der Waals surface area (Å²) in [6.07, 6.45) is 1.18. The molecule has 0 amide bonds. The van der Waals surface area contributed by atoms with Crippen LogP contribution in [0.5, 0.6) is 5.75 Å². The first-order chi connectivity index (χ1) is 10.3. The second-order valence-electron chi connectivity index (χ2n) is 6.82. The average molecular weight is 306 g/mol. The molecule has 4 atom stereocenters. The minimum absolute atomic E-state index is 0.00813. The Morgan fingerprint density at radius 2 is 1.95 bits per heavy atom. The summed E-state index contributed by atoms with van der Waals surface area (Å²) in [5, 5.41) is 20.7. The third kappa shape index (κ3) is 3.43. The quantitative estimate of drug-likeness (QED) is 0.875. The van der Waals surface area contributed by atoms with E-state index in [1.807, 2.05) is 32.0 Å². The van der Waals surface area contributed by atoms with E-state index in [-0.39, 0.29) is 5.92 Å². The zero-order valence-electron chi connectivity index (χ0n) is 13.5. The maximum absolute atomic E-state index is 11.8. The van der Waals surface area contributed by atoms with Crippen molar-refractivity contribution in [2.45, 2.75) is 51.7 Å². The number of carboxylic acids is 1. The molecule has 0 heterocycles. The minimum atomic E-state index is -1.03. The van der Waals surface area contributed by atoms with E-state index in [4.69, 9.17) is 4.74 Å². The monoisotopic (exact) mass is 306 g/mol. The average Bonchev–Trinajstić information content (AvgIpc) is 2.48. The van der Waals surface area contributed by atoms with Crippen molar-refractivity contribution in [1.29, 1.82) is 0 Å². The van der Waals surface area contributed by atoms with Gasteiger partial charge in [0.1, 0.15) is 5.75 Å². The van der Waals surface area contributed by atoms with Gasteiger partial charge in [-0.1, -0.05) is 39.0 Å². The van der Waals surface area contributed by atoms with Crippen LogP contribution in [0.2, 0.25) is 0 Å². The van der Waals surface area contributed by atoms with E-state index in [2.05, 4.69) is 6.92 Å². The third-order valence-electron chi connectivity index (χ3n) is 4.95. The van der Waals surface area contributed by atoms with Crippen LogP contribution in [0.15, 0.2) is 30.3 Å². The fourth-order valence-electron chi connectivity index (χ4n) is 3.47. The van der Waals surface area contributed by atoms with E-state index in [0.717, 1.165) is 6.42 Å². The van der Waals surface area contributed by atoms with Gasteiger partial charge in [0.15, 0.2) is 0 Å². The van der Waals surface area contributed by atoms with Crippen LogP contribution in [0.1, 0.15) is 40.0 Å². The predicted molar refractivity (Wildman–Crippen MR) is 84.8 cm³/mol. The van der Waals surface area contributed by atoms with Gasteiger partial charge < -0.3 is 14.9 Å². The molecule has 0 radical (unpaired) electrons. The van der Waals surface area contributed by atoms with Crippen molar-refractivity contribution < 1.29 is 19.7 Å². The third-order valence-corrected chi connectivity index (χ3v) is 4.95. The molecular formula is C18H26O4. The number of carboxylic acid groups (broad SMARTS) is 1. The molecule has 122 valence electrons. The molecule has 1 aliphatic rings. The predicted octanol–water partition coefficient (Wildman–Crippen LogP) is 3.34. The smallest absolute Gasteiger partial charge is 0.345 e. The highest BCUT2D eigenvalue weighted by molar-refractivity contribution is 5.73. The number of aliphatic carboxylic acids is 1. The van der Waals surface area contributed by atoms with Crippen LogP contribution in [0.25, 0.3) is 0 Å². The Hall–Kier alpha value is -1.55. The zero-order valence-corrected chi connectivity index (χ0v) is 13.5. The number of hydrogen-bond acceptors (Lipinski definition) is 3. The summed E-state index contributed by atoms with van der Waals surface area (Å²) < 4.78 is 5.75. The lowest BCUT2D eigenvalue weighted by molar-refractivity contribution is -0.166. The molecule has 1 aromatic carbocycles. The van der Waals surface area contributed by atoms with Gasteiger partial charge in [0.2, 0.25) is 6.10 Å². The first kappa shape index (κ1) is 16.8. The van der Waals surface area contributed by atoms with Gasteiger partial charge in [-0.25, -0.2) is 4.79 Å². The molecular weight excluding hydrogens is 280 g/mol. The standard InChI is InChI=1S/C18H26O4/c1-12(2)18(21)10-9-13(3)11-15(18)16(17(19)20)22-14-7-5-4-6-8-14/h4-8,12-13,15-16,21H,9-11H2,1-3H3,(H,19,20). The maximum atomic E-state index is 11.8. The van der Waals surface area contributed by atoms with Gasteiger partial charge >= 0.3 is 5.97 Å². The zero-order chi connectivity index (χ0) is 16.3. The first-order valence-electron chi connectivity index (χ1n) is 8.01. The van der Waals surface area contributed by atoms with Crippen LogP contribution in [0.4, 0.5) is 0 Å². The highest BCUT2D eigenvalue weighted by Crippen LogP contribution is 2.44. The number of ether oxygens (including phenoxy) is 1. The molecule has 0 bridgehead atoms. The van der Waals surface area contributed by atoms with Gasteiger partial charge in [-0.15, -0.1) is 0 Å². The molecule has 1 aliphatic carbocycles. The molecule has 22 heavy (non-hydrogen) atoms. The van der Waals surface area contributed by atoms with Crippen molar-refractivity contribution in [3.8, 4) is 5.75 Å². The lowest BCUT2D eigenvalue weighted by Gasteiger charge is -2.47. The number of para-hydroxylation sites is 1. The number of hydrogen-bond donors (Lipinski definition) is 2. The van der Waals surface area contributed by atoms with Crippen LogP contribution >= 0.6 is 0 Å². The van der Waals surface area contributed by atoms with Crippen molar-refractivity contribution in [3.63, 3.8) is 0 Å². The van der Waals surface area contributed by atoms with Crippen molar-refractivity contribution >= 4 is 5.97 Å². The van der Waals surface area contributed by atoms with Crippen LogP contribution in [0.3, 0.4) is 0 Å². The summed E-state index contributed by atoms with van der Waals surface area (Å²) in [6.45, 7) is 6.00. The summed E-state index contributed by atoms with van der Waals surface area (Å²) in [4.78, 5) is 11.8. The number of rotatable bonds is 5. The second-order valence-corrected chi connectivity index (χ2v) is 6.82. The molecule has 0 aliphatic heterocycles. The second kappa shape index (κ2) is 6.69. The Balaban J connectivity index is 2.29. The molecule has 2 N–H and O–H groups in total. The lowest BCUT2D eigenvalue weighted by Crippen LogP contribution is -2.55. The Morgan fingerprint density at radius 1 is 1.32 bits per heavy atom. The normalized spacial score (nSPS) is 30.0. The van der Waals surface area contributed by atoms with E-state index < -0.39 is 23.6 Å². The van der Waals surface area contributed by atoms with Crippen molar-refractivity contribution in [2.75, 3.05) is 0 Å². The van der Waals surface area contributed by atoms with Crippen molar-refractivity contribution in [2.24, 2.45) is 17.8 Å². The van der Waals surface area contributed by atoms with Gasteiger partial charge in [0.05, 0.1) is 5.60 Å². The lowest BCUT2D eigenvalue weighted by atomic mass is 9.64. The molecule has 4 nitrogen and oxygen atoms in total. The van der Waals surface area contributed by atoms with Gasteiger partial charge in [-0.3, -0.25) is 0 Å². The topological polar surface area (TPSA) is 66.8 Å². The summed E-state index contributed by atoms with van der Waals surface area (Å²) in [7, 11) is 0. The van der Waals surface area contributed by atoms with Gasteiger partial charge in [-0.05, 0) is 43.2 Å². The van der Waals surface area contributed by atoms with E-state index in [1.165, 1.54) is 0 Å². The molecule has 4 unspecified atom stereocenters. The highest BCUT2D eigenvalue weighted by Gasteiger charge is 2.50. The molecule has 4 heteroatoms. The fraction of sp³-hybridized carbons (Fsp3) is 0.611. The molecule has 0 spiro atoms. The van der Waals surface area contributed by atoms with Crippen LogP contribution < -0.4 is 4.74 Å². The van der Waals surface area contributed by atoms with Gasteiger partial charge in [0, 0.05) is 5.92 Å². The number of carbonyl (C=O) groups is 1. The van der Waals surface area contributed by atoms with E-state index >= 15 is 0 Å². The maximum Gasteiger partial charge on any atom is 0.345 e. The van der Waals surface area contributed by atoms with Gasteiger partial charge in [-0.2, -0.15) is 0 Å². The Kier molecular flexibility index (Phi) is 5.12. The number of aliphatic hydroxyl groups is 1. The first-order valence-corrected chi connectivity index (χ1v) is 8.01. The Labute approximate surface area is 132 Å². The summed E-state index contributed by atoms with van der Waals surface area (Å²) in [5.74, 6) is -0.508. The summed E-state index contributed by atoms with van der Waals surface area (Å²) >= 11 is 0.